The fourth-order valence-electron chi connectivity index (χ4n) is 3.28. The molecule has 8 heteroatoms. The van der Waals surface area contributed by atoms with E-state index in [4.69, 9.17) is 21.7 Å². The zero-order chi connectivity index (χ0) is 22.8. The summed E-state index contributed by atoms with van der Waals surface area (Å²) in [5.41, 5.74) is 2.39. The summed E-state index contributed by atoms with van der Waals surface area (Å²) >= 11 is 5.22. The molecule has 0 radical (unpaired) electrons. The van der Waals surface area contributed by atoms with Gasteiger partial charge in [-0.2, -0.15) is 0 Å². The van der Waals surface area contributed by atoms with Crippen molar-refractivity contribution in [2.24, 2.45) is 0 Å². The van der Waals surface area contributed by atoms with Crippen LogP contribution in [0.2, 0.25) is 0 Å². The van der Waals surface area contributed by atoms with Crippen molar-refractivity contribution in [1.82, 2.24) is 5.32 Å². The van der Waals surface area contributed by atoms with Crippen molar-refractivity contribution in [3.05, 3.63) is 83.1 Å². The predicted molar refractivity (Wildman–Crippen MR) is 123 cm³/mol. The van der Waals surface area contributed by atoms with Crippen LogP contribution in [-0.4, -0.2) is 28.0 Å². The molecule has 4 rings (SSSR count). The first-order valence-corrected chi connectivity index (χ1v) is 10.2. The molecule has 0 saturated carbocycles. The Hall–Kier alpha value is -4.04. The normalized spacial score (nSPS) is 15.2. The first-order chi connectivity index (χ1) is 15.4. The number of thiocarbonyl (C=S) groups is 1. The maximum atomic E-state index is 13.1. The molecule has 0 aliphatic carbocycles. The Kier molecular flexibility index (Phi) is 5.70. The molecule has 1 aromatic heterocycles. The molecule has 2 heterocycles. The molecule has 0 unspecified atom stereocenters. The van der Waals surface area contributed by atoms with Gasteiger partial charge in [0.05, 0.1) is 11.3 Å². The topological polar surface area (TPSA) is 99.8 Å². The monoisotopic (exact) mass is 446 g/mol. The van der Waals surface area contributed by atoms with E-state index >= 15 is 0 Å². The molecular weight excluding hydrogens is 428 g/mol. The molecule has 2 N–H and O–H groups in total. The van der Waals surface area contributed by atoms with Gasteiger partial charge in [0.25, 0.3) is 11.8 Å². The van der Waals surface area contributed by atoms with Crippen LogP contribution in [0.5, 0.6) is 0 Å². The summed E-state index contributed by atoms with van der Waals surface area (Å²) in [7, 11) is 0. The fourth-order valence-corrected chi connectivity index (χ4v) is 3.56. The maximum absolute atomic E-state index is 13.1. The molecule has 32 heavy (non-hydrogen) atoms. The highest BCUT2D eigenvalue weighted by Gasteiger charge is 2.34. The van der Waals surface area contributed by atoms with E-state index in [0.29, 0.717) is 22.8 Å². The van der Waals surface area contributed by atoms with Crippen LogP contribution in [-0.2, 0) is 16.0 Å². The van der Waals surface area contributed by atoms with Crippen molar-refractivity contribution in [3.63, 3.8) is 0 Å². The highest BCUT2D eigenvalue weighted by atomic mass is 32.1. The standard InChI is InChI=1S/C24H18N2O5S/c1-2-14-3-9-17(10-4-14)26-22(28)19(21(27)25-24(26)32)13-18-11-12-20(31-18)15-5-7-16(8-6-15)23(29)30/h3-13H,2H2,1H3,(H,29,30)(H,25,27,32)/b19-13+. The zero-order valence-corrected chi connectivity index (χ0v) is 17.8. The third-order valence-corrected chi connectivity index (χ3v) is 5.32. The lowest BCUT2D eigenvalue weighted by molar-refractivity contribution is -0.122. The van der Waals surface area contributed by atoms with Gasteiger partial charge in [0.15, 0.2) is 5.11 Å². The molecular formula is C24H18N2O5S. The molecule has 1 aliphatic rings. The van der Waals surface area contributed by atoms with E-state index in [1.54, 1.807) is 36.4 Å². The average Bonchev–Trinajstić information content (AvgIpc) is 3.26. The molecule has 0 bridgehead atoms. The minimum Gasteiger partial charge on any atom is -0.478 e. The van der Waals surface area contributed by atoms with Crippen molar-refractivity contribution in [2.75, 3.05) is 4.90 Å². The lowest BCUT2D eigenvalue weighted by Gasteiger charge is -2.28. The molecule has 7 nitrogen and oxygen atoms in total. The third kappa shape index (κ3) is 4.08. The second kappa shape index (κ2) is 8.60. The van der Waals surface area contributed by atoms with E-state index in [2.05, 4.69) is 5.32 Å². The van der Waals surface area contributed by atoms with Gasteiger partial charge < -0.3 is 9.52 Å². The number of aromatic carboxylic acids is 1. The Morgan fingerprint density at radius 1 is 1.06 bits per heavy atom. The zero-order valence-electron chi connectivity index (χ0n) is 17.0. The van der Waals surface area contributed by atoms with Crippen LogP contribution in [0.4, 0.5) is 5.69 Å². The summed E-state index contributed by atoms with van der Waals surface area (Å²) in [6, 6.07) is 16.9. The number of aryl methyl sites for hydroxylation is 1. The summed E-state index contributed by atoms with van der Waals surface area (Å²) < 4.78 is 5.76. The number of carboxylic acids is 1. The van der Waals surface area contributed by atoms with Gasteiger partial charge in [0.1, 0.15) is 17.1 Å². The second-order valence-corrected chi connectivity index (χ2v) is 7.45. The average molecular weight is 446 g/mol. The number of carbonyl (C=O) groups is 3. The SMILES string of the molecule is CCc1ccc(N2C(=O)/C(=C/c3ccc(-c4ccc(C(=O)O)cc4)o3)C(=O)NC2=S)cc1. The van der Waals surface area contributed by atoms with Gasteiger partial charge >= 0.3 is 5.97 Å². The second-order valence-electron chi connectivity index (χ2n) is 7.06. The van der Waals surface area contributed by atoms with Crippen LogP contribution in [0.3, 0.4) is 0 Å². The summed E-state index contributed by atoms with van der Waals surface area (Å²) in [4.78, 5) is 37.8. The van der Waals surface area contributed by atoms with Gasteiger partial charge in [-0.1, -0.05) is 31.2 Å². The molecule has 2 amide bonds. The van der Waals surface area contributed by atoms with Crippen molar-refractivity contribution in [2.45, 2.75) is 13.3 Å². The van der Waals surface area contributed by atoms with Crippen molar-refractivity contribution in [1.29, 1.82) is 0 Å². The molecule has 160 valence electrons. The quantitative estimate of drug-likeness (QED) is 0.349. The number of benzene rings is 2. The number of nitrogens with one attached hydrogen (secondary N) is 1. The summed E-state index contributed by atoms with van der Waals surface area (Å²) in [6.07, 6.45) is 2.22. The molecule has 0 atom stereocenters. The summed E-state index contributed by atoms with van der Waals surface area (Å²) in [6.45, 7) is 2.03. The Morgan fingerprint density at radius 2 is 1.75 bits per heavy atom. The number of hydrogen-bond donors (Lipinski definition) is 2. The number of carbonyl (C=O) groups excluding carboxylic acids is 2. The summed E-state index contributed by atoms with van der Waals surface area (Å²) in [5, 5.41) is 11.6. The molecule has 3 aromatic rings. The lowest BCUT2D eigenvalue weighted by atomic mass is 10.1. The van der Waals surface area contributed by atoms with Gasteiger partial charge in [-0.15, -0.1) is 0 Å². The number of rotatable bonds is 5. The van der Waals surface area contributed by atoms with Gasteiger partial charge in [-0.25, -0.2) is 4.79 Å². The number of anilines is 1. The van der Waals surface area contributed by atoms with Crippen molar-refractivity contribution >= 4 is 46.9 Å². The van der Waals surface area contributed by atoms with Gasteiger partial charge in [-0.05, 0) is 66.7 Å². The highest BCUT2D eigenvalue weighted by Crippen LogP contribution is 2.26. The Bertz CT molecular complexity index is 1260. The molecule has 1 aliphatic heterocycles. The van der Waals surface area contributed by atoms with Crippen LogP contribution < -0.4 is 10.2 Å². The van der Waals surface area contributed by atoms with E-state index in [0.717, 1.165) is 12.0 Å². The maximum Gasteiger partial charge on any atom is 0.335 e. The van der Waals surface area contributed by atoms with E-state index in [9.17, 15) is 14.4 Å². The van der Waals surface area contributed by atoms with E-state index in [1.165, 1.54) is 23.1 Å². The summed E-state index contributed by atoms with van der Waals surface area (Å²) in [5.74, 6) is -1.40. The smallest absolute Gasteiger partial charge is 0.335 e. The van der Waals surface area contributed by atoms with Crippen LogP contribution in [0.15, 0.2) is 70.7 Å². The van der Waals surface area contributed by atoms with Crippen LogP contribution in [0.25, 0.3) is 17.4 Å². The largest absolute Gasteiger partial charge is 0.478 e. The van der Waals surface area contributed by atoms with E-state index in [1.807, 2.05) is 19.1 Å². The Balaban J connectivity index is 1.62. The molecule has 2 aromatic carbocycles. The molecule has 1 fully saturated rings. The minimum absolute atomic E-state index is 0.0139. The Morgan fingerprint density at radius 3 is 2.38 bits per heavy atom. The van der Waals surface area contributed by atoms with Crippen molar-refractivity contribution < 1.29 is 23.9 Å². The third-order valence-electron chi connectivity index (χ3n) is 5.03. The number of amides is 2. The first-order valence-electron chi connectivity index (χ1n) is 9.81. The van der Waals surface area contributed by atoms with E-state index in [-0.39, 0.29) is 16.2 Å². The predicted octanol–water partition coefficient (Wildman–Crippen LogP) is 4.04. The van der Waals surface area contributed by atoms with Crippen molar-refractivity contribution in [3.8, 4) is 11.3 Å². The van der Waals surface area contributed by atoms with Gasteiger partial charge in [0.2, 0.25) is 0 Å². The van der Waals surface area contributed by atoms with E-state index < -0.39 is 17.8 Å². The van der Waals surface area contributed by atoms with Crippen LogP contribution in [0, 0.1) is 0 Å². The minimum atomic E-state index is -1.02. The van der Waals surface area contributed by atoms with Gasteiger partial charge in [-0.3, -0.25) is 19.8 Å². The Labute approximate surface area is 189 Å². The fraction of sp³-hybridized carbons (Fsp3) is 0.0833. The first kappa shape index (κ1) is 21.2. The van der Waals surface area contributed by atoms with Gasteiger partial charge in [0, 0.05) is 5.56 Å². The van der Waals surface area contributed by atoms with Crippen LogP contribution in [0.1, 0.15) is 28.6 Å². The number of hydrogen-bond acceptors (Lipinski definition) is 5. The number of furan rings is 1. The number of nitrogens with zero attached hydrogens (tertiary/aromatic N) is 1. The highest BCUT2D eigenvalue weighted by molar-refractivity contribution is 7.80. The molecule has 1 saturated heterocycles. The molecule has 0 spiro atoms. The number of carboxylic acid groups (broad SMARTS) is 1. The lowest BCUT2D eigenvalue weighted by Crippen LogP contribution is -2.54. The van der Waals surface area contributed by atoms with Crippen LogP contribution >= 0.6 is 12.2 Å².